The average molecular weight is 482 g/mol. The van der Waals surface area contributed by atoms with Crippen molar-refractivity contribution in [2.45, 2.75) is 0 Å². The van der Waals surface area contributed by atoms with E-state index < -0.39 is 0 Å². The molecule has 0 radical (unpaired) electrons. The fraction of sp³-hybridized carbons (Fsp3) is 0.550. The number of pyridine rings is 1. The number of aromatic nitrogens is 2. The van der Waals surface area contributed by atoms with Gasteiger partial charge in [0.2, 0.25) is 0 Å². The van der Waals surface area contributed by atoms with Crippen molar-refractivity contribution in [1.82, 2.24) is 19.2 Å². The standard InChI is InChI=1S/C14H17BrN4O2.C6H11NO2/c15-11-1-2-13-17-9-12(14(20)19(13)10-11)16-3-4-18-5-7-21-8-6-18;8-4-1-7-2-5-9-6-3-7/h1-2,9-10,16H,3-8H2;4H,1-3,5-6H2. The highest BCUT2D eigenvalue weighted by Gasteiger charge is 2.10. The van der Waals surface area contributed by atoms with Crippen LogP contribution in [0.1, 0.15) is 0 Å². The number of carbonyl (C=O) groups excluding carboxylic acids is 1. The van der Waals surface area contributed by atoms with Crippen LogP contribution in [0.25, 0.3) is 5.65 Å². The van der Waals surface area contributed by atoms with Crippen LogP contribution in [0.3, 0.4) is 0 Å². The Morgan fingerprint density at radius 3 is 2.40 bits per heavy atom. The number of ether oxygens (including phenoxy) is 2. The van der Waals surface area contributed by atoms with Crippen LogP contribution in [0, 0.1) is 0 Å². The third kappa shape index (κ3) is 6.85. The summed E-state index contributed by atoms with van der Waals surface area (Å²) in [6.07, 6.45) is 4.27. The Morgan fingerprint density at radius 1 is 1.07 bits per heavy atom. The van der Waals surface area contributed by atoms with E-state index in [9.17, 15) is 9.59 Å². The van der Waals surface area contributed by atoms with Crippen LogP contribution >= 0.6 is 15.9 Å². The molecule has 164 valence electrons. The number of nitrogens with one attached hydrogen (secondary N) is 1. The van der Waals surface area contributed by atoms with Crippen LogP contribution in [-0.2, 0) is 14.3 Å². The van der Waals surface area contributed by atoms with Crippen LogP contribution in [0.5, 0.6) is 0 Å². The van der Waals surface area contributed by atoms with Gasteiger partial charge >= 0.3 is 0 Å². The van der Waals surface area contributed by atoms with Gasteiger partial charge < -0.3 is 19.6 Å². The number of carbonyl (C=O) groups is 1. The largest absolute Gasteiger partial charge is 0.379 e. The summed E-state index contributed by atoms with van der Waals surface area (Å²) in [5.74, 6) is 0. The first-order valence-electron chi connectivity index (χ1n) is 10.1. The highest BCUT2D eigenvalue weighted by molar-refractivity contribution is 9.10. The number of hydrogen-bond acceptors (Lipinski definition) is 8. The molecule has 0 saturated carbocycles. The first-order valence-corrected chi connectivity index (χ1v) is 10.9. The maximum Gasteiger partial charge on any atom is 0.281 e. The summed E-state index contributed by atoms with van der Waals surface area (Å²) in [4.78, 5) is 31.1. The summed E-state index contributed by atoms with van der Waals surface area (Å²) in [5.41, 5.74) is 1.09. The summed E-state index contributed by atoms with van der Waals surface area (Å²) in [5, 5.41) is 3.18. The lowest BCUT2D eigenvalue weighted by Crippen LogP contribution is -2.39. The fourth-order valence-corrected chi connectivity index (χ4v) is 3.57. The van der Waals surface area contributed by atoms with Crippen molar-refractivity contribution in [2.75, 3.05) is 77.6 Å². The minimum absolute atomic E-state index is 0.0803. The summed E-state index contributed by atoms with van der Waals surface area (Å²) in [7, 11) is 0. The van der Waals surface area contributed by atoms with Gasteiger partial charge in [-0.2, -0.15) is 0 Å². The Balaban J connectivity index is 0.000000239. The molecule has 2 aliphatic rings. The molecule has 0 amide bonds. The van der Waals surface area contributed by atoms with Gasteiger partial charge in [-0.1, -0.05) is 0 Å². The number of halogens is 1. The minimum atomic E-state index is -0.0803. The number of fused-ring (bicyclic) bond motifs is 1. The molecule has 4 heterocycles. The van der Waals surface area contributed by atoms with Gasteiger partial charge in [-0.15, -0.1) is 0 Å². The van der Waals surface area contributed by atoms with E-state index in [0.717, 1.165) is 76.5 Å². The predicted molar refractivity (Wildman–Crippen MR) is 118 cm³/mol. The molecule has 1 N–H and O–H groups in total. The molecule has 0 spiro atoms. The molecule has 2 aromatic rings. The lowest BCUT2D eigenvalue weighted by atomic mass is 10.4. The lowest BCUT2D eigenvalue weighted by Gasteiger charge is -2.26. The number of morpholine rings is 2. The molecule has 0 bridgehead atoms. The van der Waals surface area contributed by atoms with E-state index in [-0.39, 0.29) is 5.56 Å². The van der Waals surface area contributed by atoms with Gasteiger partial charge in [0.1, 0.15) is 17.6 Å². The van der Waals surface area contributed by atoms with Gasteiger partial charge in [-0.05, 0) is 28.1 Å². The van der Waals surface area contributed by atoms with Crippen LogP contribution < -0.4 is 10.9 Å². The summed E-state index contributed by atoms with van der Waals surface area (Å²) < 4.78 is 12.8. The van der Waals surface area contributed by atoms with Crippen molar-refractivity contribution in [2.24, 2.45) is 0 Å². The van der Waals surface area contributed by atoms with E-state index in [1.165, 1.54) is 0 Å². The van der Waals surface area contributed by atoms with Gasteiger partial charge in [0.05, 0.1) is 39.2 Å². The molecule has 10 heteroatoms. The van der Waals surface area contributed by atoms with Gasteiger partial charge in [0.15, 0.2) is 0 Å². The van der Waals surface area contributed by atoms with Gasteiger partial charge in [0, 0.05) is 49.9 Å². The molecule has 2 saturated heterocycles. The molecule has 0 aromatic carbocycles. The fourth-order valence-electron chi connectivity index (χ4n) is 3.23. The molecular weight excluding hydrogens is 454 g/mol. The van der Waals surface area contributed by atoms with Gasteiger partial charge in [0.25, 0.3) is 5.56 Å². The summed E-state index contributed by atoms with van der Waals surface area (Å²) in [6, 6.07) is 3.68. The van der Waals surface area contributed by atoms with Crippen molar-refractivity contribution in [3.63, 3.8) is 0 Å². The Bertz CT molecular complexity index is 866. The third-order valence-corrected chi connectivity index (χ3v) is 5.42. The van der Waals surface area contributed by atoms with Crippen LogP contribution in [0.4, 0.5) is 5.69 Å². The maximum absolute atomic E-state index is 12.4. The van der Waals surface area contributed by atoms with E-state index in [0.29, 0.717) is 17.9 Å². The third-order valence-electron chi connectivity index (χ3n) is 4.95. The SMILES string of the molecule is O=CCN1CCOCC1.O=c1c(NCCN2CCOCC2)cnc2ccc(Br)cn12. The Hall–Kier alpha value is -1.85. The second kappa shape index (κ2) is 12.1. The van der Waals surface area contributed by atoms with Crippen LogP contribution in [0.2, 0.25) is 0 Å². The molecule has 4 rings (SSSR count). The molecule has 0 unspecified atom stereocenters. The predicted octanol–water partition coefficient (Wildman–Crippen LogP) is 0.719. The highest BCUT2D eigenvalue weighted by atomic mass is 79.9. The maximum atomic E-state index is 12.4. The number of hydrogen-bond donors (Lipinski definition) is 1. The Labute approximate surface area is 184 Å². The molecular formula is C20H28BrN5O4. The van der Waals surface area contributed by atoms with Crippen molar-refractivity contribution in [3.8, 4) is 0 Å². The first-order chi connectivity index (χ1) is 14.7. The quantitative estimate of drug-likeness (QED) is 0.603. The molecule has 30 heavy (non-hydrogen) atoms. The minimum Gasteiger partial charge on any atom is -0.379 e. The smallest absolute Gasteiger partial charge is 0.281 e. The second-order valence-electron chi connectivity index (χ2n) is 7.01. The van der Waals surface area contributed by atoms with Crippen molar-refractivity contribution in [3.05, 3.63) is 39.4 Å². The van der Waals surface area contributed by atoms with Crippen LogP contribution in [0.15, 0.2) is 33.8 Å². The second-order valence-corrected chi connectivity index (χ2v) is 7.93. The molecule has 0 aliphatic carbocycles. The first kappa shape index (κ1) is 22.8. The van der Waals surface area contributed by atoms with E-state index in [1.807, 2.05) is 12.1 Å². The Kier molecular flexibility index (Phi) is 9.22. The average Bonchev–Trinajstić information content (AvgIpc) is 2.78. The van der Waals surface area contributed by atoms with Crippen molar-refractivity contribution >= 4 is 33.6 Å². The van der Waals surface area contributed by atoms with E-state index in [4.69, 9.17) is 9.47 Å². The number of aldehydes is 1. The molecule has 0 atom stereocenters. The zero-order valence-corrected chi connectivity index (χ0v) is 18.6. The topological polar surface area (TPSA) is 88.4 Å². The summed E-state index contributed by atoms with van der Waals surface area (Å²) in [6.45, 7) is 8.99. The van der Waals surface area contributed by atoms with E-state index in [1.54, 1.807) is 16.8 Å². The van der Waals surface area contributed by atoms with E-state index in [2.05, 4.69) is 36.0 Å². The molecule has 9 nitrogen and oxygen atoms in total. The van der Waals surface area contributed by atoms with Crippen molar-refractivity contribution < 1.29 is 14.3 Å². The monoisotopic (exact) mass is 481 g/mol. The number of nitrogens with zero attached hydrogens (tertiary/aromatic N) is 4. The molecule has 2 fully saturated rings. The zero-order chi connectivity index (χ0) is 21.2. The normalized spacial score (nSPS) is 17.9. The van der Waals surface area contributed by atoms with Crippen molar-refractivity contribution in [1.29, 1.82) is 0 Å². The van der Waals surface area contributed by atoms with Gasteiger partial charge in [-0.25, -0.2) is 4.98 Å². The van der Waals surface area contributed by atoms with E-state index >= 15 is 0 Å². The zero-order valence-electron chi connectivity index (χ0n) is 17.0. The van der Waals surface area contributed by atoms with Gasteiger partial charge in [-0.3, -0.25) is 19.0 Å². The number of rotatable bonds is 6. The number of anilines is 1. The summed E-state index contributed by atoms with van der Waals surface area (Å²) >= 11 is 3.37. The molecule has 2 aliphatic heterocycles. The highest BCUT2D eigenvalue weighted by Crippen LogP contribution is 2.10. The Morgan fingerprint density at radius 2 is 1.73 bits per heavy atom. The molecule has 2 aromatic heterocycles. The lowest BCUT2D eigenvalue weighted by molar-refractivity contribution is -0.109. The van der Waals surface area contributed by atoms with Crippen LogP contribution in [-0.4, -0.2) is 97.7 Å².